The average molecular weight is 277 g/mol. The van der Waals surface area contributed by atoms with Crippen LogP contribution in [-0.2, 0) is 4.84 Å². The molecule has 0 bridgehead atoms. The predicted octanol–water partition coefficient (Wildman–Crippen LogP) is 3.69. The van der Waals surface area contributed by atoms with Crippen molar-refractivity contribution in [2.45, 2.75) is 64.1 Å². The Balaban J connectivity index is 2.20. The molecule has 1 aromatic carbocycles. The molecular weight excluding hydrogens is 250 g/mol. The summed E-state index contributed by atoms with van der Waals surface area (Å²) in [6, 6.07) is 9.95. The minimum absolute atomic E-state index is 0.00727. The maximum Gasteiger partial charge on any atom is 0.127 e. The Morgan fingerprint density at radius 1 is 1.10 bits per heavy atom. The first kappa shape index (κ1) is 15.5. The van der Waals surface area contributed by atoms with E-state index in [1.54, 1.807) is 0 Å². The van der Waals surface area contributed by atoms with Gasteiger partial charge < -0.3 is 5.11 Å². The lowest BCUT2D eigenvalue weighted by Crippen LogP contribution is -2.58. The zero-order valence-corrected chi connectivity index (χ0v) is 13.1. The van der Waals surface area contributed by atoms with E-state index in [0.29, 0.717) is 0 Å². The second-order valence-corrected chi connectivity index (χ2v) is 6.96. The van der Waals surface area contributed by atoms with Crippen molar-refractivity contribution < 1.29 is 9.94 Å². The second-order valence-electron chi connectivity index (χ2n) is 6.96. The van der Waals surface area contributed by atoms with Gasteiger partial charge in [-0.15, -0.1) is 0 Å². The van der Waals surface area contributed by atoms with Crippen molar-refractivity contribution in [2.75, 3.05) is 6.61 Å². The highest BCUT2D eigenvalue weighted by molar-refractivity contribution is 5.17. The molecule has 0 unspecified atom stereocenters. The van der Waals surface area contributed by atoms with Crippen molar-refractivity contribution in [1.82, 2.24) is 5.06 Å². The molecule has 0 amide bonds. The maximum atomic E-state index is 9.70. The van der Waals surface area contributed by atoms with Crippen molar-refractivity contribution in [3.8, 4) is 0 Å². The Morgan fingerprint density at radius 3 is 2.15 bits per heavy atom. The summed E-state index contributed by atoms with van der Waals surface area (Å²) in [7, 11) is 0. The minimum Gasteiger partial charge on any atom is -0.393 e. The van der Waals surface area contributed by atoms with Gasteiger partial charge in [-0.05, 0) is 52.5 Å². The van der Waals surface area contributed by atoms with Crippen LogP contribution < -0.4 is 0 Å². The van der Waals surface area contributed by atoms with E-state index in [1.807, 2.05) is 30.3 Å². The highest BCUT2D eigenvalue weighted by atomic mass is 16.7. The molecule has 2 rings (SSSR count). The summed E-state index contributed by atoms with van der Waals surface area (Å²) in [5, 5.41) is 11.8. The van der Waals surface area contributed by atoms with Gasteiger partial charge in [0.05, 0.1) is 6.61 Å². The fraction of sp³-hybridized carbons (Fsp3) is 0.647. The molecule has 0 saturated carbocycles. The van der Waals surface area contributed by atoms with Crippen molar-refractivity contribution in [3.63, 3.8) is 0 Å². The van der Waals surface area contributed by atoms with Crippen LogP contribution in [0.15, 0.2) is 30.3 Å². The average Bonchev–Trinajstić information content (AvgIpc) is 2.38. The van der Waals surface area contributed by atoms with Gasteiger partial charge >= 0.3 is 0 Å². The van der Waals surface area contributed by atoms with E-state index in [4.69, 9.17) is 4.84 Å². The molecule has 1 heterocycles. The third kappa shape index (κ3) is 3.22. The van der Waals surface area contributed by atoms with E-state index in [9.17, 15) is 5.11 Å². The zero-order valence-electron chi connectivity index (χ0n) is 13.1. The number of aliphatic hydroxyl groups is 1. The maximum absolute atomic E-state index is 9.70. The first-order valence-electron chi connectivity index (χ1n) is 7.50. The molecule has 3 heteroatoms. The van der Waals surface area contributed by atoms with E-state index in [0.717, 1.165) is 18.4 Å². The number of rotatable bonds is 4. The van der Waals surface area contributed by atoms with Gasteiger partial charge in [-0.2, -0.15) is 5.06 Å². The molecule has 0 radical (unpaired) electrons. The molecule has 0 aliphatic carbocycles. The molecule has 0 spiro atoms. The molecule has 20 heavy (non-hydrogen) atoms. The van der Waals surface area contributed by atoms with Crippen LogP contribution >= 0.6 is 0 Å². The second kappa shape index (κ2) is 5.84. The fourth-order valence-corrected chi connectivity index (χ4v) is 3.26. The lowest BCUT2D eigenvalue weighted by atomic mass is 9.82. The van der Waals surface area contributed by atoms with Gasteiger partial charge in [0.2, 0.25) is 0 Å². The van der Waals surface area contributed by atoms with Crippen molar-refractivity contribution in [3.05, 3.63) is 35.9 Å². The summed E-state index contributed by atoms with van der Waals surface area (Å²) >= 11 is 0. The first-order chi connectivity index (χ1) is 9.37. The molecule has 1 N–H and O–H groups in total. The molecule has 3 nitrogen and oxygen atoms in total. The Hall–Kier alpha value is -0.900. The predicted molar refractivity (Wildman–Crippen MR) is 81.2 cm³/mol. The quantitative estimate of drug-likeness (QED) is 0.911. The molecule has 1 aliphatic heterocycles. The highest BCUT2D eigenvalue weighted by Gasteiger charge is 2.43. The van der Waals surface area contributed by atoms with Gasteiger partial charge in [-0.3, -0.25) is 4.84 Å². The molecule has 1 aromatic rings. The normalized spacial score (nSPS) is 23.4. The molecule has 1 fully saturated rings. The fourth-order valence-electron chi connectivity index (χ4n) is 3.26. The van der Waals surface area contributed by atoms with Crippen LogP contribution in [0.4, 0.5) is 0 Å². The van der Waals surface area contributed by atoms with Gasteiger partial charge in [-0.25, -0.2) is 0 Å². The molecule has 1 saturated heterocycles. The highest BCUT2D eigenvalue weighted by Crippen LogP contribution is 2.40. The topological polar surface area (TPSA) is 32.7 Å². The lowest BCUT2D eigenvalue weighted by molar-refractivity contribution is -0.311. The number of hydroxylamine groups is 2. The third-order valence-electron chi connectivity index (χ3n) is 4.25. The standard InChI is InChI=1S/C17H27NO2/c1-16(2)11-8-12-17(3,4)18(16)20-15(13-19)14-9-6-5-7-10-14/h5-7,9-10,15,19H,8,11-13H2,1-4H3/t15-/m0/s1. The lowest BCUT2D eigenvalue weighted by Gasteiger charge is -2.52. The number of benzene rings is 1. The van der Waals surface area contributed by atoms with Gasteiger partial charge in [-0.1, -0.05) is 30.3 Å². The summed E-state index contributed by atoms with van der Waals surface area (Å²) in [6.07, 6.45) is 3.15. The molecule has 1 atom stereocenters. The van der Waals surface area contributed by atoms with Crippen LogP contribution in [0.2, 0.25) is 0 Å². The summed E-state index contributed by atoms with van der Waals surface area (Å²) in [5.74, 6) is 0. The van der Waals surface area contributed by atoms with Crippen LogP contribution in [0.25, 0.3) is 0 Å². The van der Waals surface area contributed by atoms with Gasteiger partial charge in [0.1, 0.15) is 6.10 Å². The first-order valence-corrected chi connectivity index (χ1v) is 7.50. The summed E-state index contributed by atoms with van der Waals surface area (Å²) in [6.45, 7) is 8.86. The van der Waals surface area contributed by atoms with Crippen LogP contribution in [0.3, 0.4) is 0 Å². The SMILES string of the molecule is CC1(C)CCCC(C)(C)N1O[C@@H](CO)c1ccccc1. The van der Waals surface area contributed by atoms with E-state index in [-0.39, 0.29) is 23.8 Å². The molecule has 112 valence electrons. The number of piperidine rings is 1. The van der Waals surface area contributed by atoms with Gasteiger partial charge in [0.15, 0.2) is 0 Å². The zero-order chi connectivity index (χ0) is 14.8. The largest absolute Gasteiger partial charge is 0.393 e. The Morgan fingerprint density at radius 2 is 1.65 bits per heavy atom. The van der Waals surface area contributed by atoms with Crippen molar-refractivity contribution in [2.24, 2.45) is 0 Å². The smallest absolute Gasteiger partial charge is 0.127 e. The van der Waals surface area contributed by atoms with Crippen LogP contribution in [0.1, 0.15) is 58.6 Å². The summed E-state index contributed by atoms with van der Waals surface area (Å²) in [5.41, 5.74) is 1.00. The molecule has 1 aliphatic rings. The molecule has 0 aromatic heterocycles. The van der Waals surface area contributed by atoms with Crippen LogP contribution in [0, 0.1) is 0 Å². The van der Waals surface area contributed by atoms with Crippen molar-refractivity contribution in [1.29, 1.82) is 0 Å². The third-order valence-corrected chi connectivity index (χ3v) is 4.25. The van der Waals surface area contributed by atoms with Gasteiger partial charge in [0.25, 0.3) is 0 Å². The number of aliphatic hydroxyl groups excluding tert-OH is 1. The monoisotopic (exact) mass is 277 g/mol. The summed E-state index contributed by atoms with van der Waals surface area (Å²) in [4.78, 5) is 6.24. The van der Waals surface area contributed by atoms with E-state index in [1.165, 1.54) is 6.42 Å². The van der Waals surface area contributed by atoms with Gasteiger partial charge in [0, 0.05) is 11.1 Å². The number of hydrogen-bond donors (Lipinski definition) is 1. The minimum atomic E-state index is -0.298. The van der Waals surface area contributed by atoms with Crippen LogP contribution in [0.5, 0.6) is 0 Å². The van der Waals surface area contributed by atoms with Crippen LogP contribution in [-0.4, -0.2) is 27.9 Å². The molecular formula is C17H27NO2. The Labute approximate surface area is 122 Å². The number of hydrogen-bond acceptors (Lipinski definition) is 3. The summed E-state index contributed by atoms with van der Waals surface area (Å²) < 4.78 is 0. The Kier molecular flexibility index (Phi) is 4.52. The van der Waals surface area contributed by atoms with E-state index in [2.05, 4.69) is 32.8 Å². The van der Waals surface area contributed by atoms with Crippen molar-refractivity contribution >= 4 is 0 Å². The van der Waals surface area contributed by atoms with E-state index < -0.39 is 0 Å². The van der Waals surface area contributed by atoms with E-state index >= 15 is 0 Å². The number of nitrogens with zero attached hydrogens (tertiary/aromatic N) is 1. The Bertz CT molecular complexity index is 412.